The maximum Gasteiger partial charge on any atom is 0.0495 e. The van der Waals surface area contributed by atoms with Crippen molar-refractivity contribution in [1.82, 2.24) is 5.32 Å². The number of halogens is 1. The molecule has 0 saturated carbocycles. The predicted molar refractivity (Wildman–Crippen MR) is 71.7 cm³/mol. The van der Waals surface area contributed by atoms with Gasteiger partial charge in [0.25, 0.3) is 0 Å². The SMILES string of the molecule is Clc1cccc2scc(C3CCNCC3)c12. The Balaban J connectivity index is 2.09. The minimum absolute atomic E-state index is 0.690. The van der Waals surface area contributed by atoms with Gasteiger partial charge in [-0.05, 0) is 54.9 Å². The fraction of sp³-hybridized carbons (Fsp3) is 0.385. The van der Waals surface area contributed by atoms with E-state index in [4.69, 9.17) is 11.6 Å². The lowest BCUT2D eigenvalue weighted by Gasteiger charge is -2.22. The van der Waals surface area contributed by atoms with Gasteiger partial charge in [-0.15, -0.1) is 11.3 Å². The highest BCUT2D eigenvalue weighted by Crippen LogP contribution is 2.38. The first-order chi connectivity index (χ1) is 7.86. The Morgan fingerprint density at radius 3 is 2.88 bits per heavy atom. The van der Waals surface area contributed by atoms with E-state index in [1.54, 1.807) is 0 Å². The van der Waals surface area contributed by atoms with Gasteiger partial charge < -0.3 is 5.32 Å². The van der Waals surface area contributed by atoms with Crippen LogP contribution in [0.15, 0.2) is 23.6 Å². The molecule has 0 unspecified atom stereocenters. The smallest absolute Gasteiger partial charge is 0.0495 e. The van der Waals surface area contributed by atoms with Crippen LogP contribution in [0, 0.1) is 0 Å². The van der Waals surface area contributed by atoms with Crippen LogP contribution in [0.3, 0.4) is 0 Å². The van der Waals surface area contributed by atoms with Crippen LogP contribution < -0.4 is 5.32 Å². The normalized spacial score (nSPS) is 18.1. The number of hydrogen-bond acceptors (Lipinski definition) is 2. The second kappa shape index (κ2) is 4.36. The molecular formula is C13H14ClNS. The van der Waals surface area contributed by atoms with Gasteiger partial charge in [0.15, 0.2) is 0 Å². The van der Waals surface area contributed by atoms with Crippen molar-refractivity contribution in [2.24, 2.45) is 0 Å². The summed E-state index contributed by atoms with van der Waals surface area (Å²) >= 11 is 8.13. The fourth-order valence-corrected chi connectivity index (χ4v) is 3.91. The molecule has 1 saturated heterocycles. The summed E-state index contributed by atoms with van der Waals surface area (Å²) in [7, 11) is 0. The van der Waals surface area contributed by atoms with Crippen LogP contribution >= 0.6 is 22.9 Å². The molecule has 1 aliphatic heterocycles. The third kappa shape index (κ3) is 1.75. The average Bonchev–Trinajstić information content (AvgIpc) is 2.75. The molecule has 0 amide bonds. The molecular weight excluding hydrogens is 238 g/mol. The van der Waals surface area contributed by atoms with Crippen molar-refractivity contribution in [2.75, 3.05) is 13.1 Å². The van der Waals surface area contributed by atoms with E-state index in [9.17, 15) is 0 Å². The number of rotatable bonds is 1. The molecule has 2 aromatic rings. The Bertz CT molecular complexity index is 500. The predicted octanol–water partition coefficient (Wildman–Crippen LogP) is 4.02. The van der Waals surface area contributed by atoms with Gasteiger partial charge in [0.2, 0.25) is 0 Å². The van der Waals surface area contributed by atoms with E-state index in [1.807, 2.05) is 23.5 Å². The number of thiophene rings is 1. The second-order valence-electron chi connectivity index (χ2n) is 4.33. The molecule has 0 bridgehead atoms. The highest BCUT2D eigenvalue weighted by molar-refractivity contribution is 7.17. The molecule has 1 nitrogen and oxygen atoms in total. The van der Waals surface area contributed by atoms with Gasteiger partial charge >= 0.3 is 0 Å². The minimum atomic E-state index is 0.690. The Morgan fingerprint density at radius 1 is 1.25 bits per heavy atom. The number of fused-ring (bicyclic) bond motifs is 1. The highest BCUT2D eigenvalue weighted by Gasteiger charge is 2.19. The van der Waals surface area contributed by atoms with Crippen molar-refractivity contribution in [3.8, 4) is 0 Å². The third-order valence-electron chi connectivity index (χ3n) is 3.36. The summed E-state index contributed by atoms with van der Waals surface area (Å²) in [6.07, 6.45) is 2.47. The topological polar surface area (TPSA) is 12.0 Å². The first-order valence-corrected chi connectivity index (χ1v) is 6.98. The molecule has 0 aliphatic carbocycles. The molecule has 3 rings (SSSR count). The molecule has 1 N–H and O–H groups in total. The Morgan fingerprint density at radius 2 is 2.06 bits per heavy atom. The zero-order chi connectivity index (χ0) is 11.0. The largest absolute Gasteiger partial charge is 0.317 e. The maximum absolute atomic E-state index is 6.31. The van der Waals surface area contributed by atoms with Gasteiger partial charge in [-0.3, -0.25) is 0 Å². The highest BCUT2D eigenvalue weighted by atomic mass is 35.5. The quantitative estimate of drug-likeness (QED) is 0.807. The Hall–Kier alpha value is -0.570. The van der Waals surface area contributed by atoms with Gasteiger partial charge in [0.05, 0.1) is 0 Å². The molecule has 0 radical (unpaired) electrons. The van der Waals surface area contributed by atoms with Gasteiger partial charge in [-0.2, -0.15) is 0 Å². The summed E-state index contributed by atoms with van der Waals surface area (Å²) in [5, 5.41) is 7.91. The number of benzene rings is 1. The molecule has 0 atom stereocenters. The van der Waals surface area contributed by atoms with Crippen LogP contribution in [0.2, 0.25) is 5.02 Å². The molecule has 1 aromatic carbocycles. The molecule has 16 heavy (non-hydrogen) atoms. The van der Waals surface area contributed by atoms with Crippen LogP contribution in [0.4, 0.5) is 0 Å². The van der Waals surface area contributed by atoms with Crippen molar-refractivity contribution in [3.63, 3.8) is 0 Å². The first-order valence-electron chi connectivity index (χ1n) is 5.72. The van der Waals surface area contributed by atoms with Gasteiger partial charge in [-0.1, -0.05) is 17.7 Å². The van der Waals surface area contributed by atoms with Crippen molar-refractivity contribution in [1.29, 1.82) is 0 Å². The van der Waals surface area contributed by atoms with E-state index in [1.165, 1.54) is 28.5 Å². The van der Waals surface area contributed by atoms with Crippen molar-refractivity contribution in [2.45, 2.75) is 18.8 Å². The molecule has 0 spiro atoms. The van der Waals surface area contributed by atoms with E-state index in [0.717, 1.165) is 18.1 Å². The fourth-order valence-electron chi connectivity index (χ4n) is 2.50. The van der Waals surface area contributed by atoms with Crippen LogP contribution in [-0.4, -0.2) is 13.1 Å². The lowest BCUT2D eigenvalue weighted by Crippen LogP contribution is -2.26. The van der Waals surface area contributed by atoms with Crippen LogP contribution in [-0.2, 0) is 0 Å². The molecule has 1 aliphatic rings. The summed E-state index contributed by atoms with van der Waals surface area (Å²) in [6.45, 7) is 2.26. The van der Waals surface area contributed by atoms with Gasteiger partial charge in [0, 0.05) is 15.1 Å². The average molecular weight is 252 g/mol. The monoisotopic (exact) mass is 251 g/mol. The zero-order valence-corrected chi connectivity index (χ0v) is 10.6. The molecule has 3 heteroatoms. The molecule has 1 fully saturated rings. The Kier molecular flexibility index (Phi) is 2.88. The van der Waals surface area contributed by atoms with E-state index in [2.05, 4.69) is 16.8 Å². The van der Waals surface area contributed by atoms with Gasteiger partial charge in [0.1, 0.15) is 0 Å². The molecule has 2 heterocycles. The zero-order valence-electron chi connectivity index (χ0n) is 9.00. The van der Waals surface area contributed by atoms with Crippen molar-refractivity contribution >= 4 is 33.0 Å². The summed E-state index contributed by atoms with van der Waals surface area (Å²) in [6, 6.07) is 6.20. The summed E-state index contributed by atoms with van der Waals surface area (Å²) in [5.41, 5.74) is 1.46. The van der Waals surface area contributed by atoms with Crippen LogP contribution in [0.25, 0.3) is 10.1 Å². The van der Waals surface area contributed by atoms with Gasteiger partial charge in [-0.25, -0.2) is 0 Å². The van der Waals surface area contributed by atoms with Crippen molar-refractivity contribution in [3.05, 3.63) is 34.2 Å². The maximum atomic E-state index is 6.31. The lowest BCUT2D eigenvalue weighted by atomic mass is 9.90. The molecule has 1 aromatic heterocycles. The van der Waals surface area contributed by atoms with Crippen molar-refractivity contribution < 1.29 is 0 Å². The first kappa shape index (κ1) is 10.6. The minimum Gasteiger partial charge on any atom is -0.317 e. The second-order valence-corrected chi connectivity index (χ2v) is 5.65. The lowest BCUT2D eigenvalue weighted by molar-refractivity contribution is 0.463. The Labute approximate surface area is 104 Å². The summed E-state index contributed by atoms with van der Waals surface area (Å²) in [4.78, 5) is 0. The summed E-state index contributed by atoms with van der Waals surface area (Å²) in [5.74, 6) is 0.690. The van der Waals surface area contributed by atoms with Crippen LogP contribution in [0.5, 0.6) is 0 Å². The number of nitrogens with one attached hydrogen (secondary N) is 1. The third-order valence-corrected chi connectivity index (χ3v) is 4.64. The van der Waals surface area contributed by atoms with Crippen LogP contribution in [0.1, 0.15) is 24.3 Å². The van der Waals surface area contributed by atoms with E-state index >= 15 is 0 Å². The summed E-state index contributed by atoms with van der Waals surface area (Å²) < 4.78 is 1.32. The van der Waals surface area contributed by atoms with E-state index in [-0.39, 0.29) is 0 Å². The number of piperidine rings is 1. The number of hydrogen-bond donors (Lipinski definition) is 1. The van der Waals surface area contributed by atoms with E-state index in [0.29, 0.717) is 5.92 Å². The standard InChI is InChI=1S/C13H14ClNS/c14-11-2-1-3-12-13(11)10(8-16-12)9-4-6-15-7-5-9/h1-3,8-9,15H,4-7H2. The molecule has 84 valence electrons. The van der Waals surface area contributed by atoms with E-state index < -0.39 is 0 Å².